The van der Waals surface area contributed by atoms with Gasteiger partial charge in [0.15, 0.2) is 11.5 Å². The second-order valence-electron chi connectivity index (χ2n) is 9.41. The van der Waals surface area contributed by atoms with Gasteiger partial charge >= 0.3 is 24.0 Å². The number of anilines is 2. The van der Waals surface area contributed by atoms with Crippen molar-refractivity contribution in [3.63, 3.8) is 0 Å². The maximum Gasteiger partial charge on any atom is 0.453 e. The van der Waals surface area contributed by atoms with Gasteiger partial charge in [0, 0.05) is 23.4 Å². The van der Waals surface area contributed by atoms with Crippen molar-refractivity contribution < 1.29 is 50.9 Å². The molecular formula is C30H29F5N2O6. The van der Waals surface area contributed by atoms with Crippen molar-refractivity contribution >= 4 is 29.4 Å². The van der Waals surface area contributed by atoms with Crippen LogP contribution < -0.4 is 25.7 Å². The first kappa shape index (κ1) is 32.7. The van der Waals surface area contributed by atoms with Gasteiger partial charge in [0.2, 0.25) is 0 Å². The highest BCUT2D eigenvalue weighted by molar-refractivity contribution is 5.93. The molecule has 43 heavy (non-hydrogen) atoms. The van der Waals surface area contributed by atoms with E-state index in [2.05, 4.69) is 0 Å². The Kier molecular flexibility index (Phi) is 10.6. The number of esters is 1. The van der Waals surface area contributed by atoms with E-state index in [-0.39, 0.29) is 34.8 Å². The molecule has 3 aromatic rings. The van der Waals surface area contributed by atoms with Crippen LogP contribution in [0.2, 0.25) is 0 Å². The number of hydrogen-bond donors (Lipinski definition) is 3. The molecule has 5 N–H and O–H groups in total. The van der Waals surface area contributed by atoms with E-state index in [0.717, 1.165) is 5.56 Å². The van der Waals surface area contributed by atoms with Crippen LogP contribution in [-0.4, -0.2) is 42.9 Å². The average Bonchev–Trinajstić information content (AvgIpc) is 2.94. The second-order valence-corrected chi connectivity index (χ2v) is 9.41. The Morgan fingerprint density at radius 1 is 0.930 bits per heavy atom. The first-order valence-electron chi connectivity index (χ1n) is 12.9. The number of aryl methyl sites for hydroxylation is 1. The van der Waals surface area contributed by atoms with Crippen molar-refractivity contribution in [1.82, 2.24) is 0 Å². The zero-order valence-corrected chi connectivity index (χ0v) is 22.9. The van der Waals surface area contributed by atoms with Crippen molar-refractivity contribution in [1.29, 1.82) is 0 Å². The first-order chi connectivity index (χ1) is 20.2. The zero-order chi connectivity index (χ0) is 31.8. The second kappa shape index (κ2) is 13.9. The van der Waals surface area contributed by atoms with Crippen LogP contribution in [0.4, 0.5) is 33.3 Å². The molecule has 0 bridgehead atoms. The van der Waals surface area contributed by atoms with Gasteiger partial charge in [-0.2, -0.15) is 22.0 Å². The number of carbonyl (C=O) groups is 2. The molecule has 3 rings (SSSR count). The predicted molar refractivity (Wildman–Crippen MR) is 149 cm³/mol. The molecule has 0 saturated carbocycles. The van der Waals surface area contributed by atoms with Crippen molar-refractivity contribution in [2.45, 2.75) is 37.8 Å². The van der Waals surface area contributed by atoms with E-state index < -0.39 is 43.5 Å². The van der Waals surface area contributed by atoms with E-state index in [1.807, 2.05) is 0 Å². The Morgan fingerprint density at radius 2 is 1.63 bits per heavy atom. The maximum absolute atomic E-state index is 13.1. The molecule has 0 unspecified atom stereocenters. The fourth-order valence-corrected chi connectivity index (χ4v) is 3.88. The molecule has 0 spiro atoms. The summed E-state index contributed by atoms with van der Waals surface area (Å²) in [6.45, 7) is -0.439. The number of benzene rings is 3. The van der Waals surface area contributed by atoms with Gasteiger partial charge in [-0.25, -0.2) is 9.59 Å². The molecule has 0 radical (unpaired) electrons. The fraction of sp³-hybridized carbons (Fsp3) is 0.267. The number of carboxylic acid groups (broad SMARTS) is 1. The third-order valence-electron chi connectivity index (χ3n) is 6.25. The summed E-state index contributed by atoms with van der Waals surface area (Å²) in [5, 5.41) is 9.63. The lowest BCUT2D eigenvalue weighted by atomic mass is 10.0. The van der Waals surface area contributed by atoms with Gasteiger partial charge in [-0.1, -0.05) is 18.2 Å². The Labute approximate surface area is 243 Å². The normalized spacial score (nSPS) is 12.1. The SMILES string of the molecule is COc1cc(C(=O)Oc2ccc(/C=C(\CCc3ccc(N)cc3N)C(=O)O)cc2)ccc1OCCCC(F)(F)C(F)(F)F. The topological polar surface area (TPSA) is 134 Å². The average molecular weight is 609 g/mol. The number of aliphatic carboxylic acids is 1. The Morgan fingerprint density at radius 3 is 2.23 bits per heavy atom. The van der Waals surface area contributed by atoms with Crippen molar-refractivity contribution in [3.05, 3.63) is 82.9 Å². The largest absolute Gasteiger partial charge is 0.493 e. The molecule has 0 aliphatic rings. The van der Waals surface area contributed by atoms with Gasteiger partial charge in [0.25, 0.3) is 0 Å². The van der Waals surface area contributed by atoms with Crippen LogP contribution in [0.25, 0.3) is 6.08 Å². The number of carbonyl (C=O) groups excluding carboxylic acids is 1. The minimum atomic E-state index is -5.64. The summed E-state index contributed by atoms with van der Waals surface area (Å²) in [5.41, 5.74) is 14.1. The van der Waals surface area contributed by atoms with Gasteiger partial charge in [-0.3, -0.25) is 0 Å². The molecular weight excluding hydrogens is 579 g/mol. The highest BCUT2D eigenvalue weighted by Crippen LogP contribution is 2.39. The van der Waals surface area contributed by atoms with Crippen molar-refractivity contribution in [2.24, 2.45) is 0 Å². The van der Waals surface area contributed by atoms with Gasteiger partial charge in [0.1, 0.15) is 5.75 Å². The van der Waals surface area contributed by atoms with Crippen molar-refractivity contribution in [3.8, 4) is 17.2 Å². The first-order valence-corrected chi connectivity index (χ1v) is 12.9. The summed E-state index contributed by atoms with van der Waals surface area (Å²) in [6.07, 6.45) is -5.55. The summed E-state index contributed by atoms with van der Waals surface area (Å²) in [7, 11) is 1.26. The number of hydrogen-bond acceptors (Lipinski definition) is 7. The van der Waals surface area contributed by atoms with E-state index in [1.54, 1.807) is 30.3 Å². The van der Waals surface area contributed by atoms with Crippen LogP contribution in [0.15, 0.2) is 66.2 Å². The molecule has 0 aliphatic carbocycles. The molecule has 0 aromatic heterocycles. The van der Waals surface area contributed by atoms with E-state index in [0.29, 0.717) is 23.4 Å². The highest BCUT2D eigenvalue weighted by Gasteiger charge is 2.56. The predicted octanol–water partition coefficient (Wildman–Crippen LogP) is 6.54. The lowest BCUT2D eigenvalue weighted by molar-refractivity contribution is -0.284. The Balaban J connectivity index is 1.60. The summed E-state index contributed by atoms with van der Waals surface area (Å²) >= 11 is 0. The number of methoxy groups -OCH3 is 1. The molecule has 0 saturated heterocycles. The zero-order valence-electron chi connectivity index (χ0n) is 22.9. The molecule has 13 heteroatoms. The number of nitrogen functional groups attached to an aromatic ring is 2. The quantitative estimate of drug-likeness (QED) is 0.0498. The molecule has 3 aromatic carbocycles. The van der Waals surface area contributed by atoms with Gasteiger partial charge in [0.05, 0.1) is 19.3 Å². The van der Waals surface area contributed by atoms with Crippen LogP contribution in [-0.2, 0) is 11.2 Å². The molecule has 0 fully saturated rings. The molecule has 230 valence electrons. The standard InChI is InChI=1S/C30H29F5N2O6/c1-41-26-16-21(8-12-25(26)42-14-2-13-29(31,32)30(33,34)35)28(40)43-23-10-3-18(4-11-23)15-20(27(38)39)6-5-19-7-9-22(36)17-24(19)37/h3-4,7-12,15-17H,2,5-6,13-14,36-37H2,1H3,(H,38,39)/b20-15+. The third-order valence-corrected chi connectivity index (χ3v) is 6.25. The smallest absolute Gasteiger partial charge is 0.453 e. The van der Waals surface area contributed by atoms with Gasteiger partial charge < -0.3 is 30.8 Å². The minimum Gasteiger partial charge on any atom is -0.493 e. The lowest BCUT2D eigenvalue weighted by Gasteiger charge is -2.19. The van der Waals surface area contributed by atoms with Crippen molar-refractivity contribution in [2.75, 3.05) is 25.2 Å². The van der Waals surface area contributed by atoms with Gasteiger partial charge in [-0.05, 0) is 78.9 Å². The number of ether oxygens (including phenoxy) is 3. The Bertz CT molecular complexity index is 1470. The monoisotopic (exact) mass is 608 g/mol. The van der Waals surface area contributed by atoms with E-state index in [9.17, 15) is 36.6 Å². The van der Waals surface area contributed by atoms with Crippen LogP contribution in [0.3, 0.4) is 0 Å². The lowest BCUT2D eigenvalue weighted by Crippen LogP contribution is -2.36. The fourth-order valence-electron chi connectivity index (χ4n) is 3.88. The van der Waals surface area contributed by atoms with Crippen LogP contribution in [0, 0.1) is 0 Å². The minimum absolute atomic E-state index is 0.0406. The summed E-state index contributed by atoms with van der Waals surface area (Å²) in [6, 6.07) is 15.0. The van der Waals surface area contributed by atoms with E-state index >= 15 is 0 Å². The summed E-state index contributed by atoms with van der Waals surface area (Å²) in [4.78, 5) is 24.4. The molecule has 0 amide bonds. The van der Waals surface area contributed by atoms with Gasteiger partial charge in [-0.15, -0.1) is 0 Å². The summed E-state index contributed by atoms with van der Waals surface area (Å²) in [5.74, 6) is -6.44. The molecule has 0 atom stereocenters. The number of carboxylic acids is 1. The molecule has 8 nitrogen and oxygen atoms in total. The number of alkyl halides is 5. The van der Waals surface area contributed by atoms with Crippen LogP contribution in [0.1, 0.15) is 40.7 Å². The van der Waals surface area contributed by atoms with E-state index in [1.165, 1.54) is 43.5 Å². The third kappa shape index (κ3) is 9.09. The molecule has 0 aliphatic heterocycles. The number of nitrogens with two attached hydrogens (primary N) is 2. The highest BCUT2D eigenvalue weighted by atomic mass is 19.4. The summed E-state index contributed by atoms with van der Waals surface area (Å²) < 4.78 is 78.8. The number of rotatable bonds is 13. The van der Waals surface area contributed by atoms with Crippen LogP contribution >= 0.6 is 0 Å². The van der Waals surface area contributed by atoms with Crippen LogP contribution in [0.5, 0.6) is 17.2 Å². The molecule has 0 heterocycles. The number of halogens is 5. The maximum atomic E-state index is 13.1. The van der Waals surface area contributed by atoms with E-state index in [4.69, 9.17) is 25.7 Å². The Hall–Kier alpha value is -4.81.